The highest BCUT2D eigenvalue weighted by Gasteiger charge is 2.28. The van der Waals surface area contributed by atoms with E-state index in [1.54, 1.807) is 20.0 Å². The Labute approximate surface area is 523 Å². The number of carboxylic acid groups (broad SMARTS) is 1. The highest BCUT2D eigenvalue weighted by molar-refractivity contribution is 6.35. The van der Waals surface area contributed by atoms with Gasteiger partial charge in [0.15, 0.2) is 11.5 Å². The molecule has 5 rings (SSSR count). The van der Waals surface area contributed by atoms with E-state index in [1.807, 2.05) is 94.2 Å². The summed E-state index contributed by atoms with van der Waals surface area (Å²) in [4.78, 5) is 60.4. The molecule has 472 valence electrons. The largest absolute Gasteiger partial charge is 0.493 e. The zero-order chi connectivity index (χ0) is 65.1. The standard InChI is InChI=1S/C33H35ClFNO3.C19H25NO3.C11H23NO.C7H16.C4H6/c1-6-25(33(37)38)28(10-8-18-39-30-11-7-9-23-19-24(35)12-13-27(23)30)26-14-15-29(34)32(21(26)3)31-20(2)16-17-36(5)22(31)4;1-13(2)18(17(9-6-10-21)19(23)20-4)12-15-7-5-8-16(11-15)14(3)22;1-5-7-12(8-6-2)11(13)9-10(3)4;1-4-6-7(3)5-2;1-3-4-2/h7,9,11-15,19H,6,8,10,16-18H2,1-5H3;5,8,10-12,17H,6-7,9H2,1-4H3,(H,20,23);10H,5-9H2,1-4H3;7H,4-6H2,1-3H3;1H,4H2,2H3/p+1/b28-25+;15-12+;;;. The summed E-state index contributed by atoms with van der Waals surface area (Å²) in [6.45, 7) is 34.0. The van der Waals surface area contributed by atoms with Crippen molar-refractivity contribution < 1.29 is 42.8 Å². The number of ketones is 1. The molecule has 2 N–H and O–H groups in total. The van der Waals surface area contributed by atoms with Crippen LogP contribution in [0, 0.1) is 42.8 Å². The molecule has 10 nitrogen and oxygen atoms in total. The molecule has 0 saturated carbocycles. The van der Waals surface area contributed by atoms with Gasteiger partial charge in [0, 0.05) is 85.4 Å². The van der Waals surface area contributed by atoms with E-state index in [2.05, 4.69) is 85.2 Å². The highest BCUT2D eigenvalue weighted by atomic mass is 35.5. The van der Waals surface area contributed by atoms with Crippen LogP contribution in [0.5, 0.6) is 5.75 Å². The number of aldehydes is 1. The summed E-state index contributed by atoms with van der Waals surface area (Å²) < 4.78 is 22.0. The van der Waals surface area contributed by atoms with E-state index in [9.17, 15) is 33.5 Å². The van der Waals surface area contributed by atoms with Gasteiger partial charge in [-0.1, -0.05) is 141 Å². The molecule has 2 amide bonds. The first-order valence-corrected chi connectivity index (χ1v) is 31.7. The summed E-state index contributed by atoms with van der Waals surface area (Å²) >= 11 is 6.80. The Morgan fingerprint density at radius 3 is 2.13 bits per heavy atom. The summed E-state index contributed by atoms with van der Waals surface area (Å²) in [5, 5.41) is 15.1. The molecule has 0 aromatic heterocycles. The maximum Gasteiger partial charge on any atom is 0.331 e. The molecule has 0 fully saturated rings. The zero-order valence-electron chi connectivity index (χ0n) is 55.6. The third kappa shape index (κ3) is 26.1. The van der Waals surface area contributed by atoms with Crippen molar-refractivity contribution in [1.29, 1.82) is 0 Å². The van der Waals surface area contributed by atoms with Gasteiger partial charge in [-0.15, -0.1) is 12.3 Å². The van der Waals surface area contributed by atoms with Gasteiger partial charge < -0.3 is 24.9 Å². The number of aliphatic carboxylic acids is 1. The topological polar surface area (TPSA) is 133 Å². The van der Waals surface area contributed by atoms with E-state index in [-0.39, 0.29) is 23.4 Å². The number of hydrogen-bond donors (Lipinski definition) is 2. The second-order valence-corrected chi connectivity index (χ2v) is 23.3. The van der Waals surface area contributed by atoms with Crippen LogP contribution in [-0.4, -0.2) is 90.5 Å². The minimum Gasteiger partial charge on any atom is -0.493 e. The Kier molecular flexibility index (Phi) is 38.0. The first-order valence-electron chi connectivity index (χ1n) is 31.3. The Balaban J connectivity index is 0.000000660. The Morgan fingerprint density at radius 2 is 1.60 bits per heavy atom. The summed E-state index contributed by atoms with van der Waals surface area (Å²) in [5.41, 5.74) is 11.3. The highest BCUT2D eigenvalue weighted by Crippen LogP contribution is 2.39. The van der Waals surface area contributed by atoms with Crippen LogP contribution in [0.3, 0.4) is 0 Å². The van der Waals surface area contributed by atoms with Crippen molar-refractivity contribution in [2.75, 3.05) is 40.3 Å². The van der Waals surface area contributed by atoms with Crippen LogP contribution in [0.25, 0.3) is 21.9 Å². The average molecular weight is 1200 g/mol. The van der Waals surface area contributed by atoms with Crippen molar-refractivity contribution in [2.45, 2.75) is 194 Å². The van der Waals surface area contributed by atoms with E-state index in [0.717, 1.165) is 119 Å². The molecule has 1 heterocycles. The van der Waals surface area contributed by atoms with Crippen LogP contribution >= 0.6 is 11.6 Å². The van der Waals surface area contributed by atoms with E-state index < -0.39 is 5.97 Å². The molecule has 0 spiro atoms. The van der Waals surface area contributed by atoms with Crippen molar-refractivity contribution >= 4 is 69.1 Å². The monoisotopic (exact) mass is 1200 g/mol. The van der Waals surface area contributed by atoms with Crippen LogP contribution in [0.15, 0.2) is 106 Å². The molecule has 2 atom stereocenters. The van der Waals surface area contributed by atoms with Gasteiger partial charge in [0.25, 0.3) is 0 Å². The van der Waals surface area contributed by atoms with Gasteiger partial charge in [-0.25, -0.2) is 13.8 Å². The Hall–Kier alpha value is -6.64. The molecule has 0 radical (unpaired) electrons. The van der Waals surface area contributed by atoms with E-state index in [4.69, 9.17) is 22.8 Å². The molecule has 12 heteroatoms. The first kappa shape index (κ1) is 77.4. The number of fused-ring (bicyclic) bond motifs is 1. The second kappa shape index (κ2) is 42.2. The molecule has 2 aliphatic rings. The Morgan fingerprint density at radius 1 is 0.942 bits per heavy atom. The van der Waals surface area contributed by atoms with Crippen LogP contribution in [0.2, 0.25) is 5.02 Å². The SMILES string of the molecule is C#CCC.CC/C(C(=O)O)=C(/CCCOc1cccc2cc(F)ccc12)c1ccc(Cl)c(C2=C(C)CC[N+](C)=C2C)c1C.CCCC(C)CC.CCCN(CCC)C(=O)CC(C)C.CNC(=O)C(CCC=O)C(/C=C1/C=C(C(C)=O)C=CC1)=C(C)C. The molecule has 1 aliphatic carbocycles. The average Bonchev–Trinajstić information content (AvgIpc) is 1.62. The predicted molar refractivity (Wildman–Crippen MR) is 361 cm³/mol. The smallest absolute Gasteiger partial charge is 0.331 e. The zero-order valence-corrected chi connectivity index (χ0v) is 56.3. The fourth-order valence-electron chi connectivity index (χ4n) is 10.2. The van der Waals surface area contributed by atoms with Gasteiger partial charge in [0.05, 0.1) is 12.5 Å². The first-order chi connectivity index (χ1) is 40.9. The van der Waals surface area contributed by atoms with E-state index >= 15 is 0 Å². The summed E-state index contributed by atoms with van der Waals surface area (Å²) in [6, 6.07) is 14.1. The minimum absolute atomic E-state index is 0.0226. The molecule has 3 aromatic carbocycles. The van der Waals surface area contributed by atoms with Crippen LogP contribution in [0.4, 0.5) is 4.39 Å². The summed E-state index contributed by atoms with van der Waals surface area (Å²) in [5.74, 6) is 3.24. The minimum atomic E-state index is -0.907. The number of hydrogen-bond acceptors (Lipinski definition) is 6. The fourth-order valence-corrected chi connectivity index (χ4v) is 10.5. The molecule has 0 saturated heterocycles. The normalized spacial score (nSPS) is 14.0. The maximum atomic E-state index is 13.7. The van der Waals surface area contributed by atoms with Crippen molar-refractivity contribution in [2.24, 2.45) is 17.8 Å². The van der Waals surface area contributed by atoms with Crippen molar-refractivity contribution in [1.82, 2.24) is 10.2 Å². The predicted octanol–water partition coefficient (Wildman–Crippen LogP) is 17.9. The lowest BCUT2D eigenvalue weighted by Crippen LogP contribution is -2.33. The van der Waals surface area contributed by atoms with Gasteiger partial charge in [0.1, 0.15) is 31.4 Å². The Bertz CT molecular complexity index is 2970. The number of benzene rings is 3. The number of carbonyl (C=O) groups is 5. The molecular weight excluding hydrogens is 1100 g/mol. The van der Waals surface area contributed by atoms with Crippen LogP contribution in [-0.2, 0) is 24.0 Å². The van der Waals surface area contributed by atoms with E-state index in [1.165, 1.54) is 42.7 Å². The molecule has 2 unspecified atom stereocenters. The van der Waals surface area contributed by atoms with Gasteiger partial charge >= 0.3 is 5.97 Å². The second-order valence-electron chi connectivity index (χ2n) is 22.9. The number of amides is 2. The van der Waals surface area contributed by atoms with E-state index in [0.29, 0.717) is 78.9 Å². The summed E-state index contributed by atoms with van der Waals surface area (Å²) in [6.07, 6.45) is 25.0. The van der Waals surface area contributed by atoms with Gasteiger partial charge in [0.2, 0.25) is 11.8 Å². The molecule has 3 aromatic rings. The van der Waals surface area contributed by atoms with Crippen molar-refractivity contribution in [3.05, 3.63) is 134 Å². The lowest BCUT2D eigenvalue weighted by atomic mass is 9.84. The number of allylic oxidation sites excluding steroid dienone is 9. The number of Topliss-reactive ketones (excluding diaryl/α,β-unsaturated/α-hetero) is 1. The third-order valence-electron chi connectivity index (χ3n) is 15.2. The van der Waals surface area contributed by atoms with Crippen molar-refractivity contribution in [3.8, 4) is 18.1 Å². The number of carbonyl (C=O) groups excluding carboxylic acids is 4. The maximum absolute atomic E-state index is 13.7. The van der Waals surface area contributed by atoms with Gasteiger partial charge in [-0.2, -0.15) is 0 Å². The molecule has 0 bridgehead atoms. The number of halogens is 2. The number of nitrogens with zero attached hydrogens (tertiary/aromatic N) is 2. The quantitative estimate of drug-likeness (QED) is 0.0284. The lowest BCUT2D eigenvalue weighted by molar-refractivity contribution is -0.497. The summed E-state index contributed by atoms with van der Waals surface area (Å²) in [7, 11) is 3.69. The number of ether oxygens (including phenoxy) is 1. The molecule has 86 heavy (non-hydrogen) atoms. The number of nitrogens with one attached hydrogen (secondary N) is 1. The van der Waals surface area contributed by atoms with Crippen LogP contribution < -0.4 is 10.1 Å². The molecule has 1 aliphatic heterocycles. The molecular formula is C74H106ClFN3O7+. The fraction of sp³-hybridized carbons (Fsp3) is 0.514. The van der Waals surface area contributed by atoms with Gasteiger partial charge in [-0.05, 0) is 161 Å². The van der Waals surface area contributed by atoms with Crippen LogP contribution in [0.1, 0.15) is 204 Å². The third-order valence-corrected chi connectivity index (χ3v) is 15.5. The number of rotatable bonds is 25. The number of carboxylic acids is 1. The number of terminal acetylenes is 1. The van der Waals surface area contributed by atoms with Gasteiger partial charge in [-0.3, -0.25) is 14.4 Å². The van der Waals surface area contributed by atoms with Crippen molar-refractivity contribution in [3.63, 3.8) is 0 Å². The lowest BCUT2D eigenvalue weighted by Gasteiger charge is -2.22.